The molecule has 0 heterocycles. The van der Waals surface area contributed by atoms with Crippen LogP contribution in [0.5, 0.6) is 11.5 Å². The molecule has 0 spiro atoms. The molecule has 0 aliphatic heterocycles. The smallest absolute Gasteiger partial charge is 0.283 e. The van der Waals surface area contributed by atoms with Crippen molar-refractivity contribution >= 4 is 56.5 Å². The normalized spacial score (nSPS) is 13.8. The van der Waals surface area contributed by atoms with Gasteiger partial charge in [-0.25, -0.2) is 0 Å². The van der Waals surface area contributed by atoms with Gasteiger partial charge in [0, 0.05) is 25.7 Å². The van der Waals surface area contributed by atoms with Crippen LogP contribution in [-0.2, 0) is 14.9 Å². The van der Waals surface area contributed by atoms with Gasteiger partial charge in [0.15, 0.2) is 4.75 Å². The lowest BCUT2D eigenvalue weighted by Gasteiger charge is -2.34. The van der Waals surface area contributed by atoms with Crippen molar-refractivity contribution < 1.29 is 23.2 Å². The van der Waals surface area contributed by atoms with Crippen LogP contribution in [0.3, 0.4) is 0 Å². The maximum absolute atomic E-state index is 12.9. The molecule has 3 aromatic carbocycles. The minimum absolute atomic E-state index is 0.0402. The van der Waals surface area contributed by atoms with E-state index in [9.17, 15) is 23.2 Å². The van der Waals surface area contributed by atoms with E-state index in [1.54, 1.807) is 0 Å². The largest absolute Gasteiger partial charge is 0.507 e. The van der Waals surface area contributed by atoms with E-state index >= 15 is 0 Å². The number of hydrogen-bond acceptors (Lipinski definition) is 4. The molecule has 10 heteroatoms. The van der Waals surface area contributed by atoms with Crippen molar-refractivity contribution in [1.29, 1.82) is 0 Å². The molecule has 5 nitrogen and oxygen atoms in total. The summed E-state index contributed by atoms with van der Waals surface area (Å²) in [5.41, 5.74) is -0.723. The van der Waals surface area contributed by atoms with Gasteiger partial charge in [-0.05, 0) is 42.0 Å². The Balaban J connectivity index is 2.61. The molecule has 0 fully saturated rings. The molecule has 1 atom stereocenters. The summed E-state index contributed by atoms with van der Waals surface area (Å²) in [6.45, 7) is 0. The molecule has 0 aromatic heterocycles. The van der Waals surface area contributed by atoms with Crippen molar-refractivity contribution in [3.63, 3.8) is 0 Å². The Morgan fingerprint density at radius 3 is 1.72 bits per heavy atom. The fourth-order valence-corrected chi connectivity index (χ4v) is 5.55. The van der Waals surface area contributed by atoms with Crippen molar-refractivity contribution in [1.82, 2.24) is 0 Å². The molecule has 0 saturated heterocycles. The highest BCUT2D eigenvalue weighted by molar-refractivity contribution is 7.87. The number of phenolic OH excluding ortho intramolecular Hbond substituents is 2. The van der Waals surface area contributed by atoms with Gasteiger partial charge < -0.3 is 10.2 Å². The van der Waals surface area contributed by atoms with E-state index in [0.717, 1.165) is 12.1 Å². The van der Waals surface area contributed by atoms with Gasteiger partial charge in [-0.1, -0.05) is 64.6 Å². The summed E-state index contributed by atoms with van der Waals surface area (Å²) < 4.78 is 33.8. The van der Waals surface area contributed by atoms with Crippen LogP contribution in [0.15, 0.2) is 54.6 Å². The fraction of sp³-hybridized carbons (Fsp3) is 0.0526. The molecule has 0 bridgehead atoms. The first-order valence-electron chi connectivity index (χ1n) is 7.89. The van der Waals surface area contributed by atoms with Gasteiger partial charge in [0.2, 0.25) is 0 Å². The van der Waals surface area contributed by atoms with Gasteiger partial charge in [-0.2, -0.15) is 8.42 Å². The number of rotatable bonds is 4. The van der Waals surface area contributed by atoms with Gasteiger partial charge in [0.25, 0.3) is 10.1 Å². The van der Waals surface area contributed by atoms with Crippen molar-refractivity contribution in [3.8, 4) is 11.5 Å². The summed E-state index contributed by atoms with van der Waals surface area (Å²) in [6, 6.07) is 11.4. The zero-order valence-electron chi connectivity index (χ0n) is 14.3. The van der Waals surface area contributed by atoms with E-state index in [1.165, 1.54) is 42.5 Å². The predicted octanol–water partition coefficient (Wildman–Crippen LogP) is 5.89. The molecule has 29 heavy (non-hydrogen) atoms. The lowest BCUT2D eigenvalue weighted by molar-refractivity contribution is 0.416. The van der Waals surface area contributed by atoms with Crippen LogP contribution in [-0.4, -0.2) is 23.2 Å². The first kappa shape index (κ1) is 22.0. The summed E-state index contributed by atoms with van der Waals surface area (Å²) in [5.74, 6) is -1.35. The molecule has 0 amide bonds. The van der Waals surface area contributed by atoms with Crippen LogP contribution < -0.4 is 0 Å². The van der Waals surface area contributed by atoms with Crippen molar-refractivity contribution in [2.75, 3.05) is 0 Å². The molecule has 3 aromatic rings. The number of benzene rings is 3. The Morgan fingerprint density at radius 1 is 0.724 bits per heavy atom. The van der Waals surface area contributed by atoms with Crippen molar-refractivity contribution in [2.24, 2.45) is 0 Å². The van der Waals surface area contributed by atoms with Crippen LogP contribution in [0.2, 0.25) is 20.1 Å². The molecular weight excluding hydrogens is 482 g/mol. The van der Waals surface area contributed by atoms with E-state index in [1.807, 2.05) is 0 Å². The molecule has 0 radical (unpaired) electrons. The van der Waals surface area contributed by atoms with Crippen LogP contribution in [0.4, 0.5) is 0 Å². The molecule has 3 N–H and O–H groups in total. The number of phenols is 2. The molecule has 1 unspecified atom stereocenters. The summed E-state index contributed by atoms with van der Waals surface area (Å²) in [6.07, 6.45) is 0. The third kappa shape index (κ3) is 3.77. The minimum Gasteiger partial charge on any atom is -0.507 e. The quantitative estimate of drug-likeness (QED) is 0.311. The Labute approximate surface area is 186 Å². The summed E-state index contributed by atoms with van der Waals surface area (Å²) >= 11 is 24.0. The monoisotopic (exact) mass is 492 g/mol. The molecule has 0 aliphatic carbocycles. The Bertz CT molecular complexity index is 1170. The van der Waals surface area contributed by atoms with Crippen LogP contribution in [0, 0.1) is 0 Å². The van der Waals surface area contributed by atoms with E-state index < -0.39 is 31.9 Å². The second-order valence-electron chi connectivity index (χ2n) is 6.11. The van der Waals surface area contributed by atoms with Crippen molar-refractivity contribution in [3.05, 3.63) is 91.4 Å². The van der Waals surface area contributed by atoms with E-state index in [4.69, 9.17) is 46.4 Å². The van der Waals surface area contributed by atoms with Crippen molar-refractivity contribution in [2.45, 2.75) is 4.75 Å². The lowest BCUT2D eigenvalue weighted by atomic mass is 9.83. The van der Waals surface area contributed by atoms with Gasteiger partial charge in [-0.3, -0.25) is 4.55 Å². The van der Waals surface area contributed by atoms with Gasteiger partial charge >= 0.3 is 0 Å². The van der Waals surface area contributed by atoms with Gasteiger partial charge in [-0.15, -0.1) is 0 Å². The zero-order chi connectivity index (χ0) is 21.6. The molecule has 3 rings (SSSR count). The molecular formula is C19H12Cl4O5S. The third-order valence-corrected chi connectivity index (χ3v) is 6.81. The van der Waals surface area contributed by atoms with E-state index in [0.29, 0.717) is 5.02 Å². The van der Waals surface area contributed by atoms with Crippen LogP contribution in [0.1, 0.15) is 16.7 Å². The minimum atomic E-state index is -5.13. The Hall–Kier alpha value is -1.67. The highest BCUT2D eigenvalue weighted by atomic mass is 35.5. The highest BCUT2D eigenvalue weighted by Crippen LogP contribution is 2.53. The maximum Gasteiger partial charge on any atom is 0.283 e. The molecule has 152 valence electrons. The van der Waals surface area contributed by atoms with Gasteiger partial charge in [0.1, 0.15) is 11.5 Å². The van der Waals surface area contributed by atoms with E-state index in [-0.39, 0.29) is 26.2 Å². The Morgan fingerprint density at radius 2 is 1.24 bits per heavy atom. The van der Waals surface area contributed by atoms with Crippen LogP contribution >= 0.6 is 46.4 Å². The first-order valence-corrected chi connectivity index (χ1v) is 10.8. The first-order chi connectivity index (χ1) is 13.5. The standard InChI is InChI=1S/C19H12Cl4O5S/c20-11-3-1-10(2-4-11)19(29(26,27)28,14-6-5-12(21)7-15(14)23)18-16(24)8-13(22)9-17(18)25/h1-9,24-25H,(H,26,27,28). The average molecular weight is 494 g/mol. The topological polar surface area (TPSA) is 94.8 Å². The summed E-state index contributed by atoms with van der Waals surface area (Å²) in [7, 11) is -5.13. The lowest BCUT2D eigenvalue weighted by Crippen LogP contribution is -2.38. The second kappa shape index (κ2) is 7.87. The zero-order valence-corrected chi connectivity index (χ0v) is 18.1. The third-order valence-electron chi connectivity index (χ3n) is 4.36. The summed E-state index contributed by atoms with van der Waals surface area (Å²) in [4.78, 5) is 0. The number of aromatic hydroxyl groups is 2. The number of hydrogen-bond donors (Lipinski definition) is 3. The SMILES string of the molecule is O=S(=O)(O)C(c1ccc(Cl)cc1)(c1ccc(Cl)cc1Cl)c1c(O)cc(Cl)cc1O. The van der Waals surface area contributed by atoms with Gasteiger partial charge in [0.05, 0.1) is 5.56 Å². The second-order valence-corrected chi connectivity index (χ2v) is 9.39. The highest BCUT2D eigenvalue weighted by Gasteiger charge is 2.52. The molecule has 0 aliphatic rings. The summed E-state index contributed by atoms with van der Waals surface area (Å²) in [5, 5.41) is 21.5. The number of halogens is 4. The molecule has 0 saturated carbocycles. The maximum atomic E-state index is 12.9. The average Bonchev–Trinajstić information content (AvgIpc) is 2.58. The predicted molar refractivity (Wildman–Crippen MR) is 114 cm³/mol. The Kier molecular flexibility index (Phi) is 5.98. The van der Waals surface area contributed by atoms with E-state index in [2.05, 4.69) is 0 Å². The fourth-order valence-electron chi connectivity index (χ4n) is 3.25. The van der Waals surface area contributed by atoms with Crippen LogP contribution in [0.25, 0.3) is 0 Å².